The topological polar surface area (TPSA) is 66.9 Å². The first kappa shape index (κ1) is 17.9. The second-order valence-electron chi connectivity index (χ2n) is 6.77. The summed E-state index contributed by atoms with van der Waals surface area (Å²) in [5, 5.41) is 6.56. The quantitative estimate of drug-likeness (QED) is 0.625. The summed E-state index contributed by atoms with van der Waals surface area (Å²) in [6, 6.07) is 0.614. The fourth-order valence-corrected chi connectivity index (χ4v) is 3.13. The van der Waals surface area contributed by atoms with Gasteiger partial charge in [-0.1, -0.05) is 39.5 Å². The van der Waals surface area contributed by atoms with Crippen molar-refractivity contribution in [3.05, 3.63) is 23.3 Å². The number of hydrogen-bond acceptors (Lipinski definition) is 4. The molecule has 5 nitrogen and oxygen atoms in total. The first-order valence-corrected chi connectivity index (χ1v) is 8.93. The number of amides is 1. The largest absolute Gasteiger partial charge is 0.351 e. The summed E-state index contributed by atoms with van der Waals surface area (Å²) in [5.41, 5.74) is 1.42. The SMILES string of the molecule is Cc1ncc(C(=O)NCCNC2CCCCCC2)c(C(C)C)n1. The van der Waals surface area contributed by atoms with Gasteiger partial charge in [0.25, 0.3) is 5.91 Å². The van der Waals surface area contributed by atoms with Crippen LogP contribution in [0.2, 0.25) is 0 Å². The smallest absolute Gasteiger partial charge is 0.254 e. The van der Waals surface area contributed by atoms with E-state index in [4.69, 9.17) is 0 Å². The third kappa shape index (κ3) is 5.57. The van der Waals surface area contributed by atoms with Gasteiger partial charge in [-0.25, -0.2) is 9.97 Å². The lowest BCUT2D eigenvalue weighted by Crippen LogP contribution is -2.37. The summed E-state index contributed by atoms with van der Waals surface area (Å²) in [6.07, 6.45) is 9.53. The van der Waals surface area contributed by atoms with Gasteiger partial charge in [-0.05, 0) is 25.7 Å². The number of aryl methyl sites for hydroxylation is 1. The summed E-state index contributed by atoms with van der Waals surface area (Å²) in [5.74, 6) is 0.846. The van der Waals surface area contributed by atoms with Crippen LogP contribution in [0.5, 0.6) is 0 Å². The molecule has 1 aliphatic carbocycles. The van der Waals surface area contributed by atoms with Gasteiger partial charge >= 0.3 is 0 Å². The van der Waals surface area contributed by atoms with Crippen molar-refractivity contribution in [2.24, 2.45) is 0 Å². The Hall–Kier alpha value is -1.49. The lowest BCUT2D eigenvalue weighted by molar-refractivity contribution is 0.0951. The number of nitrogens with one attached hydrogen (secondary N) is 2. The van der Waals surface area contributed by atoms with Crippen molar-refractivity contribution in [2.45, 2.75) is 71.3 Å². The predicted octanol–water partition coefficient (Wildman–Crippen LogP) is 2.95. The van der Waals surface area contributed by atoms with E-state index in [9.17, 15) is 4.79 Å². The highest BCUT2D eigenvalue weighted by atomic mass is 16.1. The molecule has 0 aliphatic heterocycles. The molecule has 1 aromatic heterocycles. The summed E-state index contributed by atoms with van der Waals surface area (Å²) >= 11 is 0. The van der Waals surface area contributed by atoms with Crippen molar-refractivity contribution in [3.63, 3.8) is 0 Å². The lowest BCUT2D eigenvalue weighted by Gasteiger charge is -2.17. The van der Waals surface area contributed by atoms with Gasteiger partial charge < -0.3 is 10.6 Å². The molecule has 2 N–H and O–H groups in total. The molecule has 1 fully saturated rings. The van der Waals surface area contributed by atoms with E-state index < -0.39 is 0 Å². The van der Waals surface area contributed by atoms with Crippen LogP contribution in [0.4, 0.5) is 0 Å². The van der Waals surface area contributed by atoms with Gasteiger partial charge in [-0.15, -0.1) is 0 Å². The van der Waals surface area contributed by atoms with Crippen molar-refractivity contribution in [1.82, 2.24) is 20.6 Å². The number of carbonyl (C=O) groups is 1. The molecule has 1 saturated carbocycles. The van der Waals surface area contributed by atoms with Gasteiger partial charge in [-0.2, -0.15) is 0 Å². The highest BCUT2D eigenvalue weighted by Gasteiger charge is 2.16. The van der Waals surface area contributed by atoms with Gasteiger partial charge in [0, 0.05) is 25.3 Å². The monoisotopic (exact) mass is 318 g/mol. The maximum absolute atomic E-state index is 12.4. The Labute approximate surface area is 139 Å². The minimum Gasteiger partial charge on any atom is -0.351 e. The van der Waals surface area contributed by atoms with Gasteiger partial charge in [0.05, 0.1) is 11.3 Å². The maximum atomic E-state index is 12.4. The number of rotatable bonds is 6. The van der Waals surface area contributed by atoms with Gasteiger partial charge in [0.2, 0.25) is 0 Å². The fourth-order valence-electron chi connectivity index (χ4n) is 3.13. The van der Waals surface area contributed by atoms with Crippen molar-refractivity contribution < 1.29 is 4.79 Å². The molecule has 2 rings (SSSR count). The van der Waals surface area contributed by atoms with E-state index in [1.807, 2.05) is 20.8 Å². The van der Waals surface area contributed by atoms with Crippen molar-refractivity contribution in [1.29, 1.82) is 0 Å². The van der Waals surface area contributed by atoms with E-state index in [0.29, 0.717) is 24.0 Å². The molecule has 1 aromatic rings. The number of nitrogens with zero attached hydrogens (tertiary/aromatic N) is 2. The molecule has 1 amide bonds. The van der Waals surface area contributed by atoms with Crippen LogP contribution in [-0.4, -0.2) is 35.0 Å². The van der Waals surface area contributed by atoms with E-state index in [1.54, 1.807) is 6.20 Å². The van der Waals surface area contributed by atoms with Crippen LogP contribution in [0.3, 0.4) is 0 Å². The second kappa shape index (κ2) is 8.96. The summed E-state index contributed by atoms with van der Waals surface area (Å²) in [4.78, 5) is 21.0. The van der Waals surface area contributed by atoms with Crippen LogP contribution >= 0.6 is 0 Å². The third-order valence-electron chi connectivity index (χ3n) is 4.43. The molecule has 0 atom stereocenters. The molecule has 1 aliphatic rings. The van der Waals surface area contributed by atoms with Gasteiger partial charge in [0.1, 0.15) is 5.82 Å². The molecule has 0 unspecified atom stereocenters. The van der Waals surface area contributed by atoms with Crippen LogP contribution in [0, 0.1) is 6.92 Å². The minimum atomic E-state index is -0.0728. The summed E-state index contributed by atoms with van der Waals surface area (Å²) in [6.45, 7) is 7.41. The molecule has 23 heavy (non-hydrogen) atoms. The molecular weight excluding hydrogens is 288 g/mol. The van der Waals surface area contributed by atoms with E-state index in [0.717, 1.165) is 12.2 Å². The Morgan fingerprint density at radius 1 is 1.22 bits per heavy atom. The maximum Gasteiger partial charge on any atom is 0.254 e. The van der Waals surface area contributed by atoms with Gasteiger partial charge in [0.15, 0.2) is 0 Å². The van der Waals surface area contributed by atoms with Crippen molar-refractivity contribution >= 4 is 5.91 Å². The predicted molar refractivity (Wildman–Crippen MR) is 92.7 cm³/mol. The van der Waals surface area contributed by atoms with Crippen LogP contribution in [0.25, 0.3) is 0 Å². The highest BCUT2D eigenvalue weighted by molar-refractivity contribution is 5.95. The molecule has 0 radical (unpaired) electrons. The Morgan fingerprint density at radius 3 is 2.57 bits per heavy atom. The van der Waals surface area contributed by atoms with Crippen LogP contribution in [0.1, 0.15) is 80.2 Å². The lowest BCUT2D eigenvalue weighted by atomic mass is 10.0. The van der Waals surface area contributed by atoms with Crippen molar-refractivity contribution in [3.8, 4) is 0 Å². The molecule has 0 saturated heterocycles. The first-order chi connectivity index (χ1) is 11.1. The summed E-state index contributed by atoms with van der Waals surface area (Å²) in [7, 11) is 0. The Bertz CT molecular complexity index is 508. The molecular formula is C18H30N4O. The second-order valence-corrected chi connectivity index (χ2v) is 6.77. The minimum absolute atomic E-state index is 0.0728. The molecule has 0 aromatic carbocycles. The first-order valence-electron chi connectivity index (χ1n) is 8.93. The summed E-state index contributed by atoms with van der Waals surface area (Å²) < 4.78 is 0. The normalized spacial score (nSPS) is 16.3. The van der Waals surface area contributed by atoms with Crippen LogP contribution < -0.4 is 10.6 Å². The van der Waals surface area contributed by atoms with E-state index in [2.05, 4.69) is 20.6 Å². The Kier molecular flexibility index (Phi) is 6.96. The zero-order valence-corrected chi connectivity index (χ0v) is 14.7. The zero-order valence-electron chi connectivity index (χ0n) is 14.7. The Morgan fingerprint density at radius 2 is 1.91 bits per heavy atom. The highest BCUT2D eigenvalue weighted by Crippen LogP contribution is 2.17. The molecule has 0 spiro atoms. The van der Waals surface area contributed by atoms with E-state index in [-0.39, 0.29) is 11.8 Å². The zero-order chi connectivity index (χ0) is 16.7. The Balaban J connectivity index is 1.80. The fraction of sp³-hybridized carbons (Fsp3) is 0.722. The molecule has 5 heteroatoms. The molecule has 1 heterocycles. The average molecular weight is 318 g/mol. The molecule has 0 bridgehead atoms. The average Bonchev–Trinajstić information content (AvgIpc) is 2.80. The van der Waals surface area contributed by atoms with E-state index in [1.165, 1.54) is 38.5 Å². The standard InChI is InChI=1S/C18H30N4O/c1-13(2)17-16(12-21-14(3)22-17)18(23)20-11-10-19-15-8-6-4-5-7-9-15/h12-13,15,19H,4-11H2,1-3H3,(H,20,23). The van der Waals surface area contributed by atoms with Crippen LogP contribution in [-0.2, 0) is 0 Å². The number of hydrogen-bond donors (Lipinski definition) is 2. The third-order valence-corrected chi connectivity index (χ3v) is 4.43. The number of aromatic nitrogens is 2. The molecule has 128 valence electrons. The van der Waals surface area contributed by atoms with Crippen molar-refractivity contribution in [2.75, 3.05) is 13.1 Å². The van der Waals surface area contributed by atoms with Gasteiger partial charge in [-0.3, -0.25) is 4.79 Å². The number of carbonyl (C=O) groups excluding carboxylic acids is 1. The van der Waals surface area contributed by atoms with E-state index >= 15 is 0 Å². The van der Waals surface area contributed by atoms with Crippen LogP contribution in [0.15, 0.2) is 6.20 Å².